The summed E-state index contributed by atoms with van der Waals surface area (Å²) in [6.07, 6.45) is 0. The maximum absolute atomic E-state index is 2.22. The van der Waals surface area contributed by atoms with Crippen molar-refractivity contribution >= 4 is 23.5 Å². The minimum absolute atomic E-state index is 0.621. The third-order valence-corrected chi connectivity index (χ3v) is 4.34. The monoisotopic (exact) mass is 212 g/mol. The van der Waals surface area contributed by atoms with Crippen molar-refractivity contribution in [2.45, 2.75) is 18.4 Å². The van der Waals surface area contributed by atoms with E-state index in [1.807, 2.05) is 23.5 Å². The van der Waals surface area contributed by atoms with Crippen LogP contribution in [0.3, 0.4) is 0 Å². The van der Waals surface area contributed by atoms with Crippen molar-refractivity contribution in [1.29, 1.82) is 0 Å². The lowest BCUT2D eigenvalue weighted by Crippen LogP contribution is -1.89. The van der Waals surface area contributed by atoms with Gasteiger partial charge in [-0.2, -0.15) is 0 Å². The van der Waals surface area contributed by atoms with Crippen molar-refractivity contribution in [2.75, 3.05) is 11.5 Å². The van der Waals surface area contributed by atoms with Crippen molar-refractivity contribution in [3.05, 3.63) is 35.9 Å². The van der Waals surface area contributed by atoms with Gasteiger partial charge in [0.15, 0.2) is 0 Å². The second-order valence-electron chi connectivity index (χ2n) is 2.65. The Morgan fingerprint density at radius 1 is 1.00 bits per heavy atom. The summed E-state index contributed by atoms with van der Waals surface area (Å²) in [6.45, 7) is 4.44. The Labute approximate surface area is 89.5 Å². The van der Waals surface area contributed by atoms with Crippen LogP contribution in [-0.4, -0.2) is 11.5 Å². The Kier molecular flexibility index (Phi) is 5.40. The van der Waals surface area contributed by atoms with Crippen LogP contribution >= 0.6 is 23.5 Å². The highest BCUT2D eigenvalue weighted by molar-refractivity contribution is 8.16. The fourth-order valence-electron chi connectivity index (χ4n) is 1.15. The lowest BCUT2D eigenvalue weighted by molar-refractivity contribution is 1.35. The summed E-state index contributed by atoms with van der Waals surface area (Å²) in [6, 6.07) is 10.8. The summed E-state index contributed by atoms with van der Waals surface area (Å²) in [4.78, 5) is 0. The molecule has 0 aliphatic carbocycles. The molecule has 0 aliphatic rings. The first kappa shape index (κ1) is 11.0. The van der Waals surface area contributed by atoms with Gasteiger partial charge in [-0.05, 0) is 17.1 Å². The summed E-state index contributed by atoms with van der Waals surface area (Å²) in [5, 5.41) is 0. The molecule has 72 valence electrons. The maximum Gasteiger partial charge on any atom is 0.0751 e. The van der Waals surface area contributed by atoms with E-state index < -0.39 is 0 Å². The Bertz CT molecular complexity index is 215. The van der Waals surface area contributed by atoms with E-state index in [4.69, 9.17) is 0 Å². The molecule has 1 aromatic carbocycles. The first-order chi connectivity index (χ1) is 6.38. The first-order valence-electron chi connectivity index (χ1n) is 4.66. The van der Waals surface area contributed by atoms with Crippen LogP contribution in [0.5, 0.6) is 0 Å². The van der Waals surface area contributed by atoms with E-state index in [-0.39, 0.29) is 0 Å². The second kappa shape index (κ2) is 6.39. The first-order valence-corrected chi connectivity index (χ1v) is 6.76. The number of thioether (sulfide) groups is 2. The van der Waals surface area contributed by atoms with Crippen LogP contribution in [0.15, 0.2) is 30.3 Å². The molecule has 0 fully saturated rings. The molecule has 1 aromatic rings. The van der Waals surface area contributed by atoms with Crippen LogP contribution in [-0.2, 0) is 0 Å². The van der Waals surface area contributed by atoms with E-state index in [1.165, 1.54) is 17.1 Å². The average Bonchev–Trinajstić information content (AvgIpc) is 2.19. The highest BCUT2D eigenvalue weighted by atomic mass is 32.2. The van der Waals surface area contributed by atoms with Crippen LogP contribution in [0.1, 0.15) is 24.0 Å². The zero-order chi connectivity index (χ0) is 9.52. The molecule has 0 aliphatic heterocycles. The van der Waals surface area contributed by atoms with Gasteiger partial charge >= 0.3 is 0 Å². The summed E-state index contributed by atoms with van der Waals surface area (Å²) >= 11 is 4.03. The number of hydrogen-bond donors (Lipinski definition) is 0. The van der Waals surface area contributed by atoms with Gasteiger partial charge < -0.3 is 0 Å². The third kappa shape index (κ3) is 3.65. The van der Waals surface area contributed by atoms with Crippen molar-refractivity contribution in [3.63, 3.8) is 0 Å². The minimum Gasteiger partial charge on any atom is -0.143 e. The Morgan fingerprint density at radius 3 is 2.00 bits per heavy atom. The van der Waals surface area contributed by atoms with Gasteiger partial charge in [-0.1, -0.05) is 44.2 Å². The molecule has 0 aromatic heterocycles. The molecule has 0 heterocycles. The molecule has 0 atom stereocenters. The van der Waals surface area contributed by atoms with Gasteiger partial charge in [0.25, 0.3) is 0 Å². The quantitative estimate of drug-likeness (QED) is 0.671. The van der Waals surface area contributed by atoms with Gasteiger partial charge in [-0.3, -0.25) is 0 Å². The van der Waals surface area contributed by atoms with Crippen LogP contribution in [0.25, 0.3) is 0 Å². The van der Waals surface area contributed by atoms with Crippen LogP contribution in [0.2, 0.25) is 0 Å². The largest absolute Gasteiger partial charge is 0.143 e. The van der Waals surface area contributed by atoms with E-state index in [1.54, 1.807) is 0 Å². The SMILES string of the molecule is CCSC(SCC)c1ccccc1. The molecule has 0 radical (unpaired) electrons. The predicted molar refractivity (Wildman–Crippen MR) is 65.4 cm³/mol. The normalized spacial score (nSPS) is 10.7. The fourth-order valence-corrected chi connectivity index (χ4v) is 3.66. The van der Waals surface area contributed by atoms with Crippen molar-refractivity contribution in [1.82, 2.24) is 0 Å². The Morgan fingerprint density at radius 2 is 1.54 bits per heavy atom. The van der Waals surface area contributed by atoms with Gasteiger partial charge in [0.1, 0.15) is 0 Å². The molecule has 2 heteroatoms. The molecule has 0 unspecified atom stereocenters. The van der Waals surface area contributed by atoms with Gasteiger partial charge in [-0.25, -0.2) is 0 Å². The molecule has 0 spiro atoms. The van der Waals surface area contributed by atoms with Crippen LogP contribution in [0, 0.1) is 0 Å². The Balaban J connectivity index is 2.64. The topological polar surface area (TPSA) is 0 Å². The predicted octanol–water partition coefficient (Wildman–Crippen LogP) is 4.19. The van der Waals surface area contributed by atoms with E-state index >= 15 is 0 Å². The van der Waals surface area contributed by atoms with Crippen LogP contribution < -0.4 is 0 Å². The standard InChI is InChI=1S/C11H16S2/c1-3-12-11(13-4-2)10-8-6-5-7-9-10/h5-9,11H,3-4H2,1-2H3. The summed E-state index contributed by atoms with van der Waals surface area (Å²) in [7, 11) is 0. The summed E-state index contributed by atoms with van der Waals surface area (Å²) in [5.41, 5.74) is 1.45. The lowest BCUT2D eigenvalue weighted by Gasteiger charge is -2.14. The fraction of sp³-hybridized carbons (Fsp3) is 0.455. The number of hydrogen-bond acceptors (Lipinski definition) is 2. The van der Waals surface area contributed by atoms with Crippen molar-refractivity contribution in [3.8, 4) is 0 Å². The van der Waals surface area contributed by atoms with E-state index in [9.17, 15) is 0 Å². The highest BCUT2D eigenvalue weighted by Gasteiger charge is 2.09. The smallest absolute Gasteiger partial charge is 0.0751 e. The molecule has 1 rings (SSSR count). The third-order valence-electron chi connectivity index (χ3n) is 1.71. The number of benzene rings is 1. The number of rotatable bonds is 5. The average molecular weight is 212 g/mol. The maximum atomic E-state index is 2.22. The molecule has 0 nitrogen and oxygen atoms in total. The Hall–Kier alpha value is -0.0800. The summed E-state index contributed by atoms with van der Waals surface area (Å²) < 4.78 is 0.621. The zero-order valence-electron chi connectivity index (χ0n) is 8.19. The molecular weight excluding hydrogens is 196 g/mol. The van der Waals surface area contributed by atoms with Crippen LogP contribution in [0.4, 0.5) is 0 Å². The lowest BCUT2D eigenvalue weighted by atomic mass is 10.2. The van der Waals surface area contributed by atoms with Gasteiger partial charge in [-0.15, -0.1) is 23.5 Å². The highest BCUT2D eigenvalue weighted by Crippen LogP contribution is 2.38. The van der Waals surface area contributed by atoms with Gasteiger partial charge in [0.2, 0.25) is 0 Å². The molecule has 0 N–H and O–H groups in total. The van der Waals surface area contributed by atoms with Gasteiger partial charge in [0, 0.05) is 0 Å². The van der Waals surface area contributed by atoms with Crippen molar-refractivity contribution < 1.29 is 0 Å². The van der Waals surface area contributed by atoms with E-state index in [0.29, 0.717) is 4.58 Å². The zero-order valence-corrected chi connectivity index (χ0v) is 9.83. The molecule has 0 amide bonds. The second-order valence-corrected chi connectivity index (χ2v) is 5.72. The molecular formula is C11H16S2. The van der Waals surface area contributed by atoms with Crippen molar-refractivity contribution in [2.24, 2.45) is 0 Å². The minimum atomic E-state index is 0.621. The van der Waals surface area contributed by atoms with Gasteiger partial charge in [0.05, 0.1) is 4.58 Å². The molecule has 13 heavy (non-hydrogen) atoms. The molecule has 0 bridgehead atoms. The van der Waals surface area contributed by atoms with E-state index in [0.717, 1.165) is 0 Å². The summed E-state index contributed by atoms with van der Waals surface area (Å²) in [5.74, 6) is 2.37. The molecule has 0 saturated heterocycles. The van der Waals surface area contributed by atoms with E-state index in [2.05, 4.69) is 44.2 Å². The molecule has 0 saturated carbocycles.